The molecule has 0 unspecified atom stereocenters. The highest BCUT2D eigenvalue weighted by molar-refractivity contribution is 7.92. The molecule has 0 spiro atoms. The molecule has 1 amide bonds. The Morgan fingerprint density at radius 1 is 1.30 bits per heavy atom. The van der Waals surface area contributed by atoms with Gasteiger partial charge in [0.05, 0.1) is 25.0 Å². The van der Waals surface area contributed by atoms with Crippen LogP contribution in [0.2, 0.25) is 0 Å². The molecule has 8 heteroatoms. The minimum atomic E-state index is -3.75. The van der Waals surface area contributed by atoms with Crippen LogP contribution in [0, 0.1) is 0 Å². The third kappa shape index (κ3) is 5.27. The number of anilines is 1. The zero-order valence-corrected chi connectivity index (χ0v) is 11.6. The molecule has 0 aliphatic rings. The highest BCUT2D eigenvalue weighted by Gasteiger charge is 2.18. The number of nitrogens with one attached hydrogen (secondary N) is 1. The molecule has 0 saturated carbocycles. The highest BCUT2D eigenvalue weighted by atomic mass is 32.2. The maximum atomic E-state index is 11.6. The highest BCUT2D eigenvalue weighted by Crippen LogP contribution is 2.22. The van der Waals surface area contributed by atoms with Gasteiger partial charge < -0.3 is 15.2 Å². The van der Waals surface area contributed by atoms with E-state index in [-0.39, 0.29) is 0 Å². The minimum absolute atomic E-state index is 0.355. The maximum absolute atomic E-state index is 11.6. The number of methoxy groups -OCH3 is 1. The topological polar surface area (TPSA) is 110 Å². The number of para-hydroxylation sites is 2. The predicted molar refractivity (Wildman–Crippen MR) is 72.5 cm³/mol. The summed E-state index contributed by atoms with van der Waals surface area (Å²) in [7, 11) is -2.32. The molecule has 1 aromatic carbocycles. The lowest BCUT2D eigenvalue weighted by atomic mass is 10.3. The van der Waals surface area contributed by atoms with Crippen molar-refractivity contribution in [2.45, 2.75) is 6.42 Å². The quantitative estimate of drug-likeness (QED) is 0.760. The van der Waals surface area contributed by atoms with Gasteiger partial charge in [-0.2, -0.15) is 0 Å². The van der Waals surface area contributed by atoms with Crippen molar-refractivity contribution in [2.24, 2.45) is 0 Å². The van der Waals surface area contributed by atoms with E-state index >= 15 is 0 Å². The average Bonchev–Trinajstić information content (AvgIpc) is 2.36. The van der Waals surface area contributed by atoms with Gasteiger partial charge in [-0.15, -0.1) is 0 Å². The van der Waals surface area contributed by atoms with Gasteiger partial charge in [-0.3, -0.25) is 9.59 Å². The standard InChI is InChI=1S/C12H15NO6S/c1-19-10-5-3-2-4-9(10)13-11(14)8-20(17,18)7-6-12(15)16/h2-5H,6-8H2,1H3,(H,13,14)(H,15,16). The molecule has 0 atom stereocenters. The Morgan fingerprint density at radius 3 is 2.55 bits per heavy atom. The molecule has 7 nitrogen and oxygen atoms in total. The maximum Gasteiger partial charge on any atom is 0.304 e. The summed E-state index contributed by atoms with van der Waals surface area (Å²) < 4.78 is 28.1. The monoisotopic (exact) mass is 301 g/mol. The Hall–Kier alpha value is -2.09. The van der Waals surface area contributed by atoms with E-state index in [1.54, 1.807) is 24.3 Å². The number of ether oxygens (including phenoxy) is 1. The second-order valence-corrected chi connectivity index (χ2v) is 6.17. The number of hydrogen-bond donors (Lipinski definition) is 2. The van der Waals surface area contributed by atoms with E-state index < -0.39 is 39.6 Å². The summed E-state index contributed by atoms with van der Waals surface area (Å²) in [5, 5.41) is 10.8. The zero-order valence-electron chi connectivity index (χ0n) is 10.8. The van der Waals surface area contributed by atoms with Crippen LogP contribution in [-0.4, -0.2) is 44.0 Å². The lowest BCUT2D eigenvalue weighted by Gasteiger charge is -2.09. The summed E-state index contributed by atoms with van der Waals surface area (Å²) in [6.07, 6.45) is -0.524. The number of hydrogen-bond acceptors (Lipinski definition) is 5. The summed E-state index contributed by atoms with van der Waals surface area (Å²) in [5.74, 6) is -2.89. The van der Waals surface area contributed by atoms with Gasteiger partial charge in [0.25, 0.3) is 0 Å². The molecule has 0 heterocycles. The van der Waals surface area contributed by atoms with E-state index in [0.29, 0.717) is 11.4 Å². The van der Waals surface area contributed by atoms with Crippen LogP contribution in [0.1, 0.15) is 6.42 Å². The zero-order chi connectivity index (χ0) is 15.2. The number of benzene rings is 1. The van der Waals surface area contributed by atoms with Gasteiger partial charge in [-0.1, -0.05) is 12.1 Å². The summed E-state index contributed by atoms with van der Waals surface area (Å²) in [5.41, 5.74) is 0.355. The summed E-state index contributed by atoms with van der Waals surface area (Å²) in [6, 6.07) is 6.56. The van der Waals surface area contributed by atoms with Crippen LogP contribution in [0.5, 0.6) is 5.75 Å². The first-order chi connectivity index (χ1) is 9.34. The molecule has 0 saturated heterocycles. The lowest BCUT2D eigenvalue weighted by Crippen LogP contribution is -2.25. The van der Waals surface area contributed by atoms with Gasteiger partial charge in [0.1, 0.15) is 11.5 Å². The largest absolute Gasteiger partial charge is 0.495 e. The van der Waals surface area contributed by atoms with Crippen molar-refractivity contribution in [2.75, 3.05) is 23.9 Å². The lowest BCUT2D eigenvalue weighted by molar-refractivity contribution is -0.136. The molecule has 1 aromatic rings. The van der Waals surface area contributed by atoms with Crippen molar-refractivity contribution in [3.05, 3.63) is 24.3 Å². The van der Waals surface area contributed by atoms with Crippen LogP contribution in [0.3, 0.4) is 0 Å². The van der Waals surface area contributed by atoms with E-state index in [2.05, 4.69) is 5.32 Å². The van der Waals surface area contributed by atoms with Crippen molar-refractivity contribution in [3.8, 4) is 5.75 Å². The van der Waals surface area contributed by atoms with Gasteiger partial charge in [-0.05, 0) is 12.1 Å². The molecule has 0 bridgehead atoms. The number of aliphatic carboxylic acids is 1. The molecular weight excluding hydrogens is 286 g/mol. The van der Waals surface area contributed by atoms with E-state index in [9.17, 15) is 18.0 Å². The minimum Gasteiger partial charge on any atom is -0.495 e. The Labute approximate surface area is 116 Å². The molecule has 0 aliphatic carbocycles. The number of carboxylic acids is 1. The van der Waals surface area contributed by atoms with Gasteiger partial charge in [0.15, 0.2) is 9.84 Å². The summed E-state index contributed by atoms with van der Waals surface area (Å²) in [6.45, 7) is 0. The number of sulfone groups is 1. The van der Waals surface area contributed by atoms with Crippen molar-refractivity contribution in [1.29, 1.82) is 0 Å². The van der Waals surface area contributed by atoms with Crippen LogP contribution in [0.25, 0.3) is 0 Å². The SMILES string of the molecule is COc1ccccc1NC(=O)CS(=O)(=O)CCC(=O)O. The Balaban J connectivity index is 2.66. The fourth-order valence-electron chi connectivity index (χ4n) is 1.45. The first kappa shape index (κ1) is 16.0. The third-order valence-corrected chi connectivity index (χ3v) is 3.89. The number of carbonyl (C=O) groups is 2. The van der Waals surface area contributed by atoms with Crippen LogP contribution < -0.4 is 10.1 Å². The Bertz CT molecular complexity index is 596. The smallest absolute Gasteiger partial charge is 0.304 e. The number of carboxylic acid groups (broad SMARTS) is 1. The normalized spacial score (nSPS) is 10.8. The molecule has 0 aromatic heterocycles. The summed E-state index contributed by atoms with van der Waals surface area (Å²) >= 11 is 0. The molecule has 0 fully saturated rings. The van der Waals surface area contributed by atoms with Gasteiger partial charge in [0, 0.05) is 0 Å². The van der Waals surface area contributed by atoms with Gasteiger partial charge in [-0.25, -0.2) is 8.42 Å². The molecule has 20 heavy (non-hydrogen) atoms. The molecule has 0 radical (unpaired) electrons. The van der Waals surface area contributed by atoms with Crippen molar-refractivity contribution in [3.63, 3.8) is 0 Å². The Morgan fingerprint density at radius 2 is 1.95 bits per heavy atom. The van der Waals surface area contributed by atoms with Crippen LogP contribution in [-0.2, 0) is 19.4 Å². The molecule has 0 aliphatic heterocycles. The number of rotatable bonds is 7. The fourth-order valence-corrected chi connectivity index (χ4v) is 2.55. The summed E-state index contributed by atoms with van der Waals surface area (Å²) in [4.78, 5) is 22.0. The van der Waals surface area contributed by atoms with E-state index in [1.165, 1.54) is 7.11 Å². The van der Waals surface area contributed by atoms with E-state index in [4.69, 9.17) is 9.84 Å². The van der Waals surface area contributed by atoms with Crippen LogP contribution in [0.4, 0.5) is 5.69 Å². The predicted octanol–water partition coefficient (Wildman–Crippen LogP) is 0.523. The second kappa shape index (κ2) is 6.90. The molecule has 110 valence electrons. The first-order valence-corrected chi connectivity index (χ1v) is 7.51. The van der Waals surface area contributed by atoms with Crippen molar-refractivity contribution >= 4 is 27.4 Å². The molecular formula is C12H15NO6S. The average molecular weight is 301 g/mol. The first-order valence-electron chi connectivity index (χ1n) is 5.69. The van der Waals surface area contributed by atoms with E-state index in [0.717, 1.165) is 0 Å². The fraction of sp³-hybridized carbons (Fsp3) is 0.333. The third-order valence-electron chi connectivity index (χ3n) is 2.36. The number of carbonyl (C=O) groups excluding carboxylic acids is 1. The van der Waals surface area contributed by atoms with Crippen molar-refractivity contribution < 1.29 is 27.9 Å². The number of amides is 1. The molecule has 2 N–H and O–H groups in total. The van der Waals surface area contributed by atoms with Crippen LogP contribution >= 0.6 is 0 Å². The van der Waals surface area contributed by atoms with Crippen LogP contribution in [0.15, 0.2) is 24.3 Å². The molecule has 1 rings (SSSR count). The Kier molecular flexibility index (Phi) is 5.51. The van der Waals surface area contributed by atoms with Gasteiger partial charge in [0.2, 0.25) is 5.91 Å². The van der Waals surface area contributed by atoms with E-state index in [1.807, 2.05) is 0 Å². The van der Waals surface area contributed by atoms with Crippen molar-refractivity contribution in [1.82, 2.24) is 0 Å². The van der Waals surface area contributed by atoms with Gasteiger partial charge >= 0.3 is 5.97 Å². The second-order valence-electron chi connectivity index (χ2n) is 3.98.